The number of aryl methyl sites for hydroxylation is 1. The second kappa shape index (κ2) is 7.70. The van der Waals surface area contributed by atoms with Crippen LogP contribution in [-0.2, 0) is 24.4 Å². The molecule has 2 aromatic heterocycles. The monoisotopic (exact) mass is 436 g/mol. The van der Waals surface area contributed by atoms with Crippen molar-refractivity contribution >= 4 is 17.2 Å². The van der Waals surface area contributed by atoms with Gasteiger partial charge in [-0.05, 0) is 61.5 Å². The normalized spacial score (nSPS) is 12.9. The van der Waals surface area contributed by atoms with Gasteiger partial charge in [-0.3, -0.25) is 9.48 Å². The molecule has 5 nitrogen and oxygen atoms in total. The number of thiazole rings is 1. The van der Waals surface area contributed by atoms with Gasteiger partial charge in [0.05, 0.1) is 35.2 Å². The van der Waals surface area contributed by atoms with E-state index in [-0.39, 0.29) is 24.1 Å². The Balaban J connectivity index is 1.46. The largest absolute Gasteiger partial charge is 0.330 e. The molecule has 8 heteroatoms. The summed E-state index contributed by atoms with van der Waals surface area (Å²) in [4.78, 5) is 20.4. The summed E-state index contributed by atoms with van der Waals surface area (Å²) in [6.45, 7) is 3.06. The van der Waals surface area contributed by atoms with Gasteiger partial charge < -0.3 is 4.90 Å². The average molecular weight is 436 g/mol. The van der Waals surface area contributed by atoms with Crippen molar-refractivity contribution in [2.75, 3.05) is 0 Å². The second-order valence-electron chi connectivity index (χ2n) is 7.44. The smallest absolute Gasteiger partial charge is 0.245 e. The van der Waals surface area contributed by atoms with E-state index in [4.69, 9.17) is 0 Å². The number of benzene rings is 2. The molecule has 0 fully saturated rings. The number of rotatable bonds is 4. The number of nitrogens with zero attached hydrogens (tertiary/aromatic N) is 4. The topological polar surface area (TPSA) is 51.0 Å². The van der Waals surface area contributed by atoms with Gasteiger partial charge in [-0.15, -0.1) is 11.3 Å². The van der Waals surface area contributed by atoms with E-state index in [0.717, 1.165) is 26.7 Å². The third-order valence-corrected chi connectivity index (χ3v) is 6.26. The molecule has 1 aliphatic heterocycles. The number of hydrogen-bond donors (Lipinski definition) is 0. The fraction of sp³-hybridized carbons (Fsp3) is 0.174. The average Bonchev–Trinajstić information content (AvgIpc) is 3.42. The van der Waals surface area contributed by atoms with Gasteiger partial charge in [0.25, 0.3) is 0 Å². The van der Waals surface area contributed by atoms with Crippen LogP contribution in [0.5, 0.6) is 0 Å². The molecule has 0 aliphatic carbocycles. The lowest BCUT2D eigenvalue weighted by Gasteiger charge is -2.16. The Morgan fingerprint density at radius 2 is 1.65 bits per heavy atom. The minimum atomic E-state index is -0.337. The number of hydrogen-bond acceptors (Lipinski definition) is 4. The van der Waals surface area contributed by atoms with Crippen LogP contribution in [0, 0.1) is 18.6 Å². The highest BCUT2D eigenvalue weighted by atomic mass is 32.1. The van der Waals surface area contributed by atoms with Crippen LogP contribution in [0.3, 0.4) is 0 Å². The SMILES string of the molecule is Cc1nc2c(s1)CN(C(=O)Cn1nc(-c3ccc(F)cc3)cc1-c1ccc(F)cc1)C2. The van der Waals surface area contributed by atoms with Crippen molar-refractivity contribution in [1.82, 2.24) is 19.7 Å². The molecule has 0 atom stereocenters. The molecule has 0 spiro atoms. The number of fused-ring (bicyclic) bond motifs is 1. The lowest BCUT2D eigenvalue weighted by Crippen LogP contribution is -2.30. The quantitative estimate of drug-likeness (QED) is 0.462. The van der Waals surface area contributed by atoms with E-state index in [0.29, 0.717) is 24.5 Å². The van der Waals surface area contributed by atoms with E-state index >= 15 is 0 Å². The molecule has 0 N–H and O–H groups in total. The molecular weight excluding hydrogens is 418 g/mol. The fourth-order valence-corrected chi connectivity index (χ4v) is 4.69. The van der Waals surface area contributed by atoms with Crippen molar-refractivity contribution < 1.29 is 13.6 Å². The van der Waals surface area contributed by atoms with Gasteiger partial charge in [-0.25, -0.2) is 13.8 Å². The summed E-state index contributed by atoms with van der Waals surface area (Å²) in [7, 11) is 0. The number of amides is 1. The number of aromatic nitrogens is 3. The van der Waals surface area contributed by atoms with Gasteiger partial charge in [-0.2, -0.15) is 5.10 Å². The standard InChI is InChI=1S/C23H18F2N4OS/c1-14-26-20-11-28(12-22(20)31-14)23(30)13-29-21(16-4-8-18(25)9-5-16)10-19(27-29)15-2-6-17(24)7-3-15/h2-10H,11-13H2,1H3. The van der Waals surface area contributed by atoms with Gasteiger partial charge in [0.1, 0.15) is 18.2 Å². The Morgan fingerprint density at radius 1 is 1.00 bits per heavy atom. The lowest BCUT2D eigenvalue weighted by molar-refractivity contribution is -0.132. The number of halogens is 2. The fourth-order valence-electron chi connectivity index (χ4n) is 3.73. The van der Waals surface area contributed by atoms with Gasteiger partial charge in [-0.1, -0.05) is 0 Å². The zero-order chi connectivity index (χ0) is 21.5. The predicted octanol–water partition coefficient (Wildman–Crippen LogP) is 4.80. The molecule has 4 aromatic rings. The predicted molar refractivity (Wildman–Crippen MR) is 114 cm³/mol. The summed E-state index contributed by atoms with van der Waals surface area (Å²) >= 11 is 1.61. The van der Waals surface area contributed by atoms with Crippen LogP contribution in [-0.4, -0.2) is 25.6 Å². The van der Waals surface area contributed by atoms with E-state index in [1.54, 1.807) is 45.2 Å². The third-order valence-electron chi connectivity index (χ3n) is 5.26. The van der Waals surface area contributed by atoms with Crippen LogP contribution in [0.1, 0.15) is 15.6 Å². The van der Waals surface area contributed by atoms with Crippen LogP contribution in [0.15, 0.2) is 54.6 Å². The molecule has 31 heavy (non-hydrogen) atoms. The third kappa shape index (κ3) is 3.86. The molecule has 2 aromatic carbocycles. The van der Waals surface area contributed by atoms with Crippen molar-refractivity contribution in [3.05, 3.63) is 81.8 Å². The van der Waals surface area contributed by atoms with Crippen LogP contribution in [0.4, 0.5) is 8.78 Å². The maximum atomic E-state index is 13.4. The summed E-state index contributed by atoms with van der Waals surface area (Å²) in [6, 6.07) is 13.9. The molecule has 156 valence electrons. The van der Waals surface area contributed by atoms with Crippen molar-refractivity contribution in [3.63, 3.8) is 0 Å². The van der Waals surface area contributed by atoms with Gasteiger partial charge in [0.2, 0.25) is 5.91 Å². The van der Waals surface area contributed by atoms with Gasteiger partial charge >= 0.3 is 0 Å². The van der Waals surface area contributed by atoms with Crippen molar-refractivity contribution in [3.8, 4) is 22.5 Å². The van der Waals surface area contributed by atoms with E-state index < -0.39 is 0 Å². The lowest BCUT2D eigenvalue weighted by atomic mass is 10.1. The first kappa shape index (κ1) is 19.6. The van der Waals surface area contributed by atoms with E-state index in [1.807, 2.05) is 13.0 Å². The molecule has 1 amide bonds. The summed E-state index contributed by atoms with van der Waals surface area (Å²) in [5.41, 5.74) is 3.74. The highest BCUT2D eigenvalue weighted by molar-refractivity contribution is 7.11. The Kier molecular flexibility index (Phi) is 4.86. The summed E-state index contributed by atoms with van der Waals surface area (Å²) in [5, 5.41) is 5.62. The van der Waals surface area contributed by atoms with Crippen molar-refractivity contribution in [2.45, 2.75) is 26.6 Å². The number of carbonyl (C=O) groups is 1. The molecule has 0 bridgehead atoms. The maximum Gasteiger partial charge on any atom is 0.245 e. The zero-order valence-corrected chi connectivity index (χ0v) is 17.5. The van der Waals surface area contributed by atoms with Crippen LogP contribution in [0.2, 0.25) is 0 Å². The van der Waals surface area contributed by atoms with Gasteiger partial charge in [0.15, 0.2) is 0 Å². The Hall–Kier alpha value is -3.39. The first-order valence-corrected chi connectivity index (χ1v) is 10.6. The molecule has 0 radical (unpaired) electrons. The van der Waals surface area contributed by atoms with Crippen LogP contribution in [0.25, 0.3) is 22.5 Å². The molecule has 0 unspecified atom stereocenters. The Bertz CT molecular complexity index is 1240. The highest BCUT2D eigenvalue weighted by Crippen LogP contribution is 2.30. The van der Waals surface area contributed by atoms with Crippen molar-refractivity contribution in [1.29, 1.82) is 0 Å². The Morgan fingerprint density at radius 3 is 2.29 bits per heavy atom. The van der Waals surface area contributed by atoms with E-state index in [9.17, 15) is 13.6 Å². The molecule has 0 saturated heterocycles. The van der Waals surface area contributed by atoms with Crippen molar-refractivity contribution in [2.24, 2.45) is 0 Å². The maximum absolute atomic E-state index is 13.4. The van der Waals surface area contributed by atoms with Crippen LogP contribution >= 0.6 is 11.3 Å². The van der Waals surface area contributed by atoms with E-state index in [1.165, 1.54) is 24.3 Å². The summed E-state index contributed by atoms with van der Waals surface area (Å²) in [5.74, 6) is -0.738. The highest BCUT2D eigenvalue weighted by Gasteiger charge is 2.27. The van der Waals surface area contributed by atoms with Gasteiger partial charge in [0, 0.05) is 16.0 Å². The molecular formula is C23H18F2N4OS. The minimum absolute atomic E-state index is 0.0435. The molecule has 0 saturated carbocycles. The summed E-state index contributed by atoms with van der Waals surface area (Å²) < 4.78 is 28.4. The Labute approximate surface area is 181 Å². The number of carbonyl (C=O) groups excluding carboxylic acids is 1. The minimum Gasteiger partial charge on any atom is -0.330 e. The zero-order valence-electron chi connectivity index (χ0n) is 16.7. The van der Waals surface area contributed by atoms with E-state index in [2.05, 4.69) is 10.1 Å². The molecule has 1 aliphatic rings. The van der Waals surface area contributed by atoms with Crippen LogP contribution < -0.4 is 0 Å². The molecule has 5 rings (SSSR count). The molecule has 3 heterocycles. The first-order valence-electron chi connectivity index (χ1n) is 9.79. The first-order chi connectivity index (χ1) is 15.0. The second-order valence-corrected chi connectivity index (χ2v) is 8.73. The summed E-state index contributed by atoms with van der Waals surface area (Å²) in [6.07, 6.45) is 0.